The first-order valence-electron chi connectivity index (χ1n) is 6.33. The Kier molecular flexibility index (Phi) is 4.80. The lowest BCUT2D eigenvalue weighted by molar-refractivity contribution is 0.588. The van der Waals surface area contributed by atoms with E-state index >= 15 is 0 Å². The van der Waals surface area contributed by atoms with E-state index in [2.05, 4.69) is 41.4 Å². The van der Waals surface area contributed by atoms with Gasteiger partial charge in [-0.25, -0.2) is 4.98 Å². The molecule has 1 aliphatic rings. The van der Waals surface area contributed by atoms with Crippen molar-refractivity contribution in [2.45, 2.75) is 6.92 Å². The Hall–Kier alpha value is -1.10. The van der Waals surface area contributed by atoms with Crippen molar-refractivity contribution in [2.24, 2.45) is 0 Å². The molecule has 5 heteroatoms. The molecule has 3 nitrogen and oxygen atoms in total. The summed E-state index contributed by atoms with van der Waals surface area (Å²) in [4.78, 5) is 8.50. The fourth-order valence-corrected chi connectivity index (χ4v) is 3.22. The molecular formula is C14H18ClN3S. The molecule has 1 aliphatic heterocycles. The first-order valence-corrected chi connectivity index (χ1v) is 7.15. The molecule has 0 aliphatic carbocycles. The van der Waals surface area contributed by atoms with Crippen LogP contribution >= 0.6 is 23.7 Å². The third-order valence-electron chi connectivity index (χ3n) is 3.22. The summed E-state index contributed by atoms with van der Waals surface area (Å²) in [6.45, 7) is 6.38. The van der Waals surface area contributed by atoms with Crippen molar-refractivity contribution < 1.29 is 0 Å². The number of hydrogen-bond acceptors (Lipinski definition) is 4. The molecule has 0 atom stereocenters. The summed E-state index contributed by atoms with van der Waals surface area (Å²) in [6, 6.07) is 10.4. The molecule has 1 saturated heterocycles. The average molecular weight is 296 g/mol. The van der Waals surface area contributed by atoms with Crippen LogP contribution in [-0.4, -0.2) is 31.2 Å². The highest BCUT2D eigenvalue weighted by Gasteiger charge is 2.16. The molecule has 0 saturated carbocycles. The van der Waals surface area contributed by atoms with Crippen molar-refractivity contribution in [3.63, 3.8) is 0 Å². The predicted molar refractivity (Wildman–Crippen MR) is 84.6 cm³/mol. The fraction of sp³-hybridized carbons (Fsp3) is 0.357. The van der Waals surface area contributed by atoms with Crippen LogP contribution in [-0.2, 0) is 0 Å². The van der Waals surface area contributed by atoms with E-state index in [1.807, 2.05) is 6.07 Å². The van der Waals surface area contributed by atoms with Gasteiger partial charge in [0.1, 0.15) is 0 Å². The van der Waals surface area contributed by atoms with Crippen molar-refractivity contribution in [1.82, 2.24) is 10.3 Å². The van der Waals surface area contributed by atoms with E-state index in [9.17, 15) is 0 Å². The molecule has 3 rings (SSSR count). The van der Waals surface area contributed by atoms with Crippen LogP contribution in [0.15, 0.2) is 30.3 Å². The number of piperazine rings is 1. The predicted octanol–water partition coefficient (Wildman–Crippen LogP) is 2.95. The van der Waals surface area contributed by atoms with Crippen molar-refractivity contribution in [3.05, 3.63) is 35.2 Å². The van der Waals surface area contributed by atoms with E-state index in [1.54, 1.807) is 11.3 Å². The summed E-state index contributed by atoms with van der Waals surface area (Å²) < 4.78 is 0. The number of thiazole rings is 1. The molecule has 1 N–H and O–H groups in total. The van der Waals surface area contributed by atoms with E-state index in [4.69, 9.17) is 4.98 Å². The van der Waals surface area contributed by atoms with Gasteiger partial charge in [0.15, 0.2) is 5.13 Å². The lowest BCUT2D eigenvalue weighted by Gasteiger charge is -2.26. The van der Waals surface area contributed by atoms with Crippen molar-refractivity contribution in [1.29, 1.82) is 0 Å². The lowest BCUT2D eigenvalue weighted by Crippen LogP contribution is -2.43. The minimum absolute atomic E-state index is 0. The molecule has 0 unspecified atom stereocenters. The summed E-state index contributed by atoms with van der Waals surface area (Å²) in [5, 5.41) is 4.53. The molecular weight excluding hydrogens is 278 g/mol. The molecule has 0 bridgehead atoms. The number of anilines is 1. The summed E-state index contributed by atoms with van der Waals surface area (Å²) in [7, 11) is 0. The zero-order valence-electron chi connectivity index (χ0n) is 10.9. The van der Waals surface area contributed by atoms with Crippen LogP contribution in [0.25, 0.3) is 11.3 Å². The highest BCUT2D eigenvalue weighted by Crippen LogP contribution is 2.32. The zero-order valence-corrected chi connectivity index (χ0v) is 12.6. The number of nitrogens with zero attached hydrogens (tertiary/aromatic N) is 2. The quantitative estimate of drug-likeness (QED) is 0.923. The molecule has 1 fully saturated rings. The van der Waals surface area contributed by atoms with E-state index < -0.39 is 0 Å². The molecule has 2 aromatic rings. The van der Waals surface area contributed by atoms with Gasteiger partial charge < -0.3 is 10.2 Å². The summed E-state index contributed by atoms with van der Waals surface area (Å²) >= 11 is 1.80. The minimum atomic E-state index is 0. The number of hydrogen-bond donors (Lipinski definition) is 1. The minimum Gasteiger partial charge on any atom is -0.346 e. The Balaban J connectivity index is 0.00000133. The third kappa shape index (κ3) is 3.08. The maximum Gasteiger partial charge on any atom is 0.186 e. The van der Waals surface area contributed by atoms with E-state index in [-0.39, 0.29) is 12.4 Å². The maximum absolute atomic E-state index is 4.82. The van der Waals surface area contributed by atoms with Crippen LogP contribution in [0.3, 0.4) is 0 Å². The second-order valence-corrected chi connectivity index (χ2v) is 5.69. The highest BCUT2D eigenvalue weighted by molar-refractivity contribution is 7.16. The first-order chi connectivity index (χ1) is 8.84. The largest absolute Gasteiger partial charge is 0.346 e. The molecule has 0 radical (unpaired) electrons. The standard InChI is InChI=1S/C14H17N3S.ClH/c1-11-13(12-5-3-2-4-6-12)16-14(18-11)17-9-7-15-8-10-17;/h2-6,15H,7-10H2,1H3;1H. The highest BCUT2D eigenvalue weighted by atomic mass is 35.5. The van der Waals surface area contributed by atoms with Crippen LogP contribution in [0.4, 0.5) is 5.13 Å². The Morgan fingerprint density at radius 1 is 1.16 bits per heavy atom. The van der Waals surface area contributed by atoms with Gasteiger partial charge in [0.25, 0.3) is 0 Å². The number of aryl methyl sites for hydroxylation is 1. The number of benzene rings is 1. The van der Waals surface area contributed by atoms with Crippen molar-refractivity contribution in [3.8, 4) is 11.3 Å². The van der Waals surface area contributed by atoms with Gasteiger partial charge >= 0.3 is 0 Å². The van der Waals surface area contributed by atoms with Gasteiger partial charge in [-0.1, -0.05) is 30.3 Å². The van der Waals surface area contributed by atoms with E-state index in [0.29, 0.717) is 0 Å². The Labute approximate surface area is 124 Å². The number of aromatic nitrogens is 1. The Morgan fingerprint density at radius 3 is 2.53 bits per heavy atom. The monoisotopic (exact) mass is 295 g/mol. The van der Waals surface area contributed by atoms with Crippen molar-refractivity contribution >= 4 is 28.9 Å². The normalized spacial score (nSPS) is 15.1. The van der Waals surface area contributed by atoms with Crippen LogP contribution in [0, 0.1) is 6.92 Å². The molecule has 2 heterocycles. The molecule has 19 heavy (non-hydrogen) atoms. The number of nitrogens with one attached hydrogen (secondary N) is 1. The Bertz CT molecular complexity index is 521. The van der Waals surface area contributed by atoms with Crippen LogP contribution in [0.2, 0.25) is 0 Å². The molecule has 102 valence electrons. The van der Waals surface area contributed by atoms with Crippen LogP contribution < -0.4 is 10.2 Å². The van der Waals surface area contributed by atoms with Crippen molar-refractivity contribution in [2.75, 3.05) is 31.1 Å². The summed E-state index contributed by atoms with van der Waals surface area (Å²) in [5.41, 5.74) is 2.35. The Morgan fingerprint density at radius 2 is 1.84 bits per heavy atom. The fourth-order valence-electron chi connectivity index (χ4n) is 2.24. The molecule has 0 amide bonds. The number of halogens is 1. The summed E-state index contributed by atoms with van der Waals surface area (Å²) in [5.74, 6) is 0. The molecule has 0 spiro atoms. The average Bonchev–Trinajstić information content (AvgIpc) is 2.83. The SMILES string of the molecule is Cc1sc(N2CCNCC2)nc1-c1ccccc1.Cl. The van der Waals surface area contributed by atoms with Gasteiger partial charge in [-0.2, -0.15) is 0 Å². The second kappa shape index (κ2) is 6.37. The van der Waals surface area contributed by atoms with E-state index in [1.165, 1.54) is 10.4 Å². The lowest BCUT2D eigenvalue weighted by atomic mass is 10.1. The van der Waals surface area contributed by atoms with Gasteiger partial charge in [0.05, 0.1) is 5.69 Å². The third-order valence-corrected chi connectivity index (χ3v) is 4.25. The van der Waals surface area contributed by atoms with Crippen LogP contribution in [0.5, 0.6) is 0 Å². The molecule has 1 aromatic heterocycles. The zero-order chi connectivity index (χ0) is 12.4. The van der Waals surface area contributed by atoms with Gasteiger partial charge in [-0.15, -0.1) is 23.7 Å². The molecule has 1 aromatic carbocycles. The van der Waals surface area contributed by atoms with Gasteiger partial charge in [0, 0.05) is 36.6 Å². The van der Waals surface area contributed by atoms with Crippen LogP contribution in [0.1, 0.15) is 4.88 Å². The topological polar surface area (TPSA) is 28.2 Å². The first kappa shape index (κ1) is 14.3. The smallest absolute Gasteiger partial charge is 0.186 e. The van der Waals surface area contributed by atoms with E-state index in [0.717, 1.165) is 37.0 Å². The van der Waals surface area contributed by atoms with Gasteiger partial charge in [0.2, 0.25) is 0 Å². The van der Waals surface area contributed by atoms with Gasteiger partial charge in [-0.3, -0.25) is 0 Å². The summed E-state index contributed by atoms with van der Waals surface area (Å²) in [6.07, 6.45) is 0. The number of rotatable bonds is 2. The van der Waals surface area contributed by atoms with Gasteiger partial charge in [-0.05, 0) is 6.92 Å². The second-order valence-electron chi connectivity index (χ2n) is 4.50. The maximum atomic E-state index is 4.82.